The molecule has 0 unspecified atom stereocenters. The summed E-state index contributed by atoms with van der Waals surface area (Å²) < 4.78 is 22.6. The molecule has 0 aliphatic carbocycles. The Kier molecular flexibility index (Phi) is 4.26. The highest BCUT2D eigenvalue weighted by molar-refractivity contribution is 7.89. The highest BCUT2D eigenvalue weighted by atomic mass is 32.2. The third kappa shape index (κ3) is 3.18. The minimum absolute atomic E-state index is 0.0434. The molecule has 0 fully saturated rings. The number of hydrogen-bond donors (Lipinski definition) is 2. The smallest absolute Gasteiger partial charge is 0.241 e. The monoisotopic (exact) mass is 243 g/mol. The molecule has 16 heavy (non-hydrogen) atoms. The molecule has 0 aliphatic rings. The van der Waals surface area contributed by atoms with Crippen molar-refractivity contribution in [3.8, 4) is 0 Å². The van der Waals surface area contributed by atoms with Crippen molar-refractivity contribution in [1.29, 1.82) is 0 Å². The van der Waals surface area contributed by atoms with Crippen molar-refractivity contribution < 1.29 is 8.42 Å². The van der Waals surface area contributed by atoms with Crippen LogP contribution in [0.3, 0.4) is 0 Å². The predicted octanol–water partition coefficient (Wildman–Crippen LogP) is 1.33. The fourth-order valence-corrected chi connectivity index (χ4v) is 2.08. The van der Waals surface area contributed by atoms with Crippen molar-refractivity contribution in [1.82, 2.24) is 4.98 Å². The molecule has 0 aromatic carbocycles. The van der Waals surface area contributed by atoms with E-state index in [0.717, 1.165) is 12.8 Å². The van der Waals surface area contributed by atoms with Crippen LogP contribution >= 0.6 is 0 Å². The van der Waals surface area contributed by atoms with Gasteiger partial charge in [0.15, 0.2) is 0 Å². The second kappa shape index (κ2) is 5.27. The van der Waals surface area contributed by atoms with Gasteiger partial charge in [-0.2, -0.15) is 0 Å². The van der Waals surface area contributed by atoms with Gasteiger partial charge in [-0.25, -0.2) is 13.6 Å². The quantitative estimate of drug-likeness (QED) is 0.817. The fourth-order valence-electron chi connectivity index (χ4n) is 1.44. The van der Waals surface area contributed by atoms with Crippen LogP contribution in [0.2, 0.25) is 0 Å². The summed E-state index contributed by atoms with van der Waals surface area (Å²) in [6, 6.07) is 1.86. The minimum atomic E-state index is -3.72. The van der Waals surface area contributed by atoms with Gasteiger partial charge in [-0.1, -0.05) is 13.8 Å². The molecule has 0 saturated carbocycles. The number of primary sulfonamides is 1. The van der Waals surface area contributed by atoms with Crippen molar-refractivity contribution >= 4 is 15.7 Å². The van der Waals surface area contributed by atoms with Crippen LogP contribution in [-0.2, 0) is 10.0 Å². The van der Waals surface area contributed by atoms with E-state index >= 15 is 0 Å². The summed E-state index contributed by atoms with van der Waals surface area (Å²) in [5.74, 6) is 0. The molecule has 0 saturated heterocycles. The number of pyridine rings is 1. The van der Waals surface area contributed by atoms with Crippen LogP contribution in [0.1, 0.15) is 26.7 Å². The predicted molar refractivity (Wildman–Crippen MR) is 63.6 cm³/mol. The Labute approximate surface area is 96.1 Å². The highest BCUT2D eigenvalue weighted by Gasteiger charge is 2.15. The third-order valence-electron chi connectivity index (χ3n) is 2.44. The van der Waals surface area contributed by atoms with Gasteiger partial charge < -0.3 is 5.32 Å². The molecule has 1 heterocycles. The molecule has 3 N–H and O–H groups in total. The maximum absolute atomic E-state index is 11.3. The number of rotatable bonds is 5. The summed E-state index contributed by atoms with van der Waals surface area (Å²) in [4.78, 5) is 3.81. The maximum Gasteiger partial charge on any atom is 0.241 e. The first-order valence-electron chi connectivity index (χ1n) is 5.22. The number of nitrogens with two attached hydrogens (primary N) is 1. The first kappa shape index (κ1) is 12.9. The Bertz CT molecular complexity index is 441. The Morgan fingerprint density at radius 1 is 1.44 bits per heavy atom. The van der Waals surface area contributed by atoms with Gasteiger partial charge in [0.1, 0.15) is 4.90 Å². The van der Waals surface area contributed by atoms with E-state index in [1.807, 2.05) is 13.8 Å². The molecule has 0 bridgehead atoms. The Hall–Kier alpha value is -1.14. The Balaban J connectivity index is 3.05. The normalized spacial score (nSPS) is 11.8. The topological polar surface area (TPSA) is 85.1 Å². The standard InChI is InChI=1S/C10H17N3O2S/c1-3-8(4-2)13-9-5-6-12-7-10(9)16(11,14)15/h5-8H,3-4H2,1-2H3,(H,12,13)(H2,11,14,15). The summed E-state index contributed by atoms with van der Waals surface area (Å²) in [7, 11) is -3.72. The van der Waals surface area contributed by atoms with E-state index in [1.165, 1.54) is 6.20 Å². The molecule has 1 rings (SSSR count). The summed E-state index contributed by atoms with van der Waals surface area (Å²) in [6.07, 6.45) is 4.64. The van der Waals surface area contributed by atoms with Crippen molar-refractivity contribution in [3.05, 3.63) is 18.5 Å². The van der Waals surface area contributed by atoms with Gasteiger partial charge in [-0.3, -0.25) is 4.98 Å². The summed E-state index contributed by atoms with van der Waals surface area (Å²) in [5, 5.41) is 8.26. The molecule has 0 radical (unpaired) electrons. The Morgan fingerprint density at radius 3 is 2.56 bits per heavy atom. The van der Waals surface area contributed by atoms with Crippen molar-refractivity contribution in [2.24, 2.45) is 5.14 Å². The average molecular weight is 243 g/mol. The molecule has 0 atom stereocenters. The fraction of sp³-hybridized carbons (Fsp3) is 0.500. The van der Waals surface area contributed by atoms with Gasteiger partial charge in [-0.15, -0.1) is 0 Å². The van der Waals surface area contributed by atoms with Crippen LogP contribution in [0, 0.1) is 0 Å². The zero-order chi connectivity index (χ0) is 12.2. The molecule has 0 aliphatic heterocycles. The zero-order valence-electron chi connectivity index (χ0n) is 9.47. The van der Waals surface area contributed by atoms with E-state index in [-0.39, 0.29) is 10.9 Å². The van der Waals surface area contributed by atoms with Crippen LogP contribution < -0.4 is 10.5 Å². The largest absolute Gasteiger partial charge is 0.381 e. The highest BCUT2D eigenvalue weighted by Crippen LogP contribution is 2.20. The lowest BCUT2D eigenvalue weighted by molar-refractivity contribution is 0.597. The SMILES string of the molecule is CCC(CC)Nc1ccncc1S(N)(=O)=O. The van der Waals surface area contributed by atoms with E-state index in [0.29, 0.717) is 5.69 Å². The van der Waals surface area contributed by atoms with Gasteiger partial charge in [0.25, 0.3) is 0 Å². The Morgan fingerprint density at radius 2 is 2.06 bits per heavy atom. The zero-order valence-corrected chi connectivity index (χ0v) is 10.3. The number of anilines is 1. The van der Waals surface area contributed by atoms with Crippen LogP contribution in [-0.4, -0.2) is 19.4 Å². The molecule has 0 spiro atoms. The molecule has 0 amide bonds. The van der Waals surface area contributed by atoms with Gasteiger partial charge in [0.2, 0.25) is 10.0 Å². The minimum Gasteiger partial charge on any atom is -0.381 e. The molecular weight excluding hydrogens is 226 g/mol. The van der Waals surface area contributed by atoms with E-state index < -0.39 is 10.0 Å². The lowest BCUT2D eigenvalue weighted by Crippen LogP contribution is -2.21. The van der Waals surface area contributed by atoms with Gasteiger partial charge in [-0.05, 0) is 18.9 Å². The number of sulfonamides is 1. The van der Waals surface area contributed by atoms with Gasteiger partial charge in [0.05, 0.1) is 5.69 Å². The summed E-state index contributed by atoms with van der Waals surface area (Å²) in [6.45, 7) is 4.08. The first-order chi connectivity index (χ1) is 7.49. The van der Waals surface area contributed by atoms with Crippen LogP contribution in [0.4, 0.5) is 5.69 Å². The molecular formula is C10H17N3O2S. The van der Waals surface area contributed by atoms with E-state index in [4.69, 9.17) is 5.14 Å². The second-order valence-electron chi connectivity index (χ2n) is 3.57. The third-order valence-corrected chi connectivity index (χ3v) is 3.37. The van der Waals surface area contributed by atoms with Crippen LogP contribution in [0.5, 0.6) is 0 Å². The number of nitrogens with one attached hydrogen (secondary N) is 1. The summed E-state index contributed by atoms with van der Waals surface area (Å²) in [5.41, 5.74) is 0.520. The van der Waals surface area contributed by atoms with Gasteiger partial charge in [0, 0.05) is 18.4 Å². The molecule has 1 aromatic heterocycles. The van der Waals surface area contributed by atoms with Gasteiger partial charge >= 0.3 is 0 Å². The molecule has 6 heteroatoms. The second-order valence-corrected chi connectivity index (χ2v) is 5.10. The molecule has 5 nitrogen and oxygen atoms in total. The van der Waals surface area contributed by atoms with E-state index in [1.54, 1.807) is 12.3 Å². The lowest BCUT2D eigenvalue weighted by atomic mass is 10.1. The van der Waals surface area contributed by atoms with Crippen molar-refractivity contribution in [2.75, 3.05) is 5.32 Å². The van der Waals surface area contributed by atoms with Crippen LogP contribution in [0.15, 0.2) is 23.4 Å². The van der Waals surface area contributed by atoms with Crippen molar-refractivity contribution in [2.45, 2.75) is 37.6 Å². The molecule has 1 aromatic rings. The van der Waals surface area contributed by atoms with E-state index in [9.17, 15) is 8.42 Å². The maximum atomic E-state index is 11.3. The number of aromatic nitrogens is 1. The van der Waals surface area contributed by atoms with Crippen LogP contribution in [0.25, 0.3) is 0 Å². The first-order valence-corrected chi connectivity index (χ1v) is 6.77. The van der Waals surface area contributed by atoms with E-state index in [2.05, 4.69) is 10.3 Å². The number of hydrogen-bond acceptors (Lipinski definition) is 4. The number of nitrogens with zero attached hydrogens (tertiary/aromatic N) is 1. The lowest BCUT2D eigenvalue weighted by Gasteiger charge is -2.17. The summed E-state index contributed by atoms with van der Waals surface area (Å²) >= 11 is 0. The average Bonchev–Trinajstić information content (AvgIpc) is 2.25. The molecule has 90 valence electrons. The van der Waals surface area contributed by atoms with Crippen molar-refractivity contribution in [3.63, 3.8) is 0 Å².